The van der Waals surface area contributed by atoms with E-state index < -0.39 is 0 Å². The van der Waals surface area contributed by atoms with Crippen LogP contribution in [0.1, 0.15) is 33.1 Å². The second-order valence-corrected chi connectivity index (χ2v) is 4.70. The number of aldehydes is 1. The van der Waals surface area contributed by atoms with Gasteiger partial charge < -0.3 is 0 Å². The molecule has 0 radical (unpaired) electrons. The minimum atomic E-state index is 0.644. The standard InChI is InChI=1S/C13H18O/c1-3-11-5-10-6-12(13(11)7-10)4-9(2)8-14/h3-4,8,10,12-13H,5-7H2,1-2H3/t10-,12?,13+/m0/s1. The van der Waals surface area contributed by atoms with Gasteiger partial charge in [-0.2, -0.15) is 0 Å². The first-order chi connectivity index (χ1) is 6.74. The van der Waals surface area contributed by atoms with Crippen molar-refractivity contribution in [2.24, 2.45) is 17.8 Å². The Morgan fingerprint density at radius 1 is 1.43 bits per heavy atom. The Hall–Kier alpha value is -0.850. The predicted octanol–water partition coefficient (Wildman–Crippen LogP) is 3.12. The van der Waals surface area contributed by atoms with Gasteiger partial charge in [-0.05, 0) is 56.4 Å². The molecule has 2 aliphatic carbocycles. The summed E-state index contributed by atoms with van der Waals surface area (Å²) in [5.74, 6) is 2.29. The molecule has 2 fully saturated rings. The molecule has 1 heteroatoms. The molecule has 0 N–H and O–H groups in total. The molecule has 0 aromatic carbocycles. The van der Waals surface area contributed by atoms with Crippen LogP contribution in [0.5, 0.6) is 0 Å². The van der Waals surface area contributed by atoms with E-state index in [4.69, 9.17) is 0 Å². The molecule has 76 valence electrons. The third-order valence-corrected chi connectivity index (χ3v) is 3.74. The van der Waals surface area contributed by atoms with E-state index in [1.165, 1.54) is 19.3 Å². The van der Waals surface area contributed by atoms with Crippen molar-refractivity contribution in [3.63, 3.8) is 0 Å². The Morgan fingerprint density at radius 3 is 2.79 bits per heavy atom. The molecule has 0 saturated heterocycles. The lowest BCUT2D eigenvalue weighted by molar-refractivity contribution is -0.104. The van der Waals surface area contributed by atoms with Crippen LogP contribution in [0.4, 0.5) is 0 Å². The lowest BCUT2D eigenvalue weighted by atomic mass is 9.84. The van der Waals surface area contributed by atoms with Crippen LogP contribution in [-0.4, -0.2) is 6.29 Å². The smallest absolute Gasteiger partial charge is 0.145 e. The molecule has 0 amide bonds. The minimum Gasteiger partial charge on any atom is -0.298 e. The average Bonchev–Trinajstić information content (AvgIpc) is 2.75. The highest BCUT2D eigenvalue weighted by Crippen LogP contribution is 2.52. The Kier molecular flexibility index (Phi) is 2.58. The number of carbonyl (C=O) groups is 1. The van der Waals surface area contributed by atoms with Crippen LogP contribution in [0.25, 0.3) is 0 Å². The molecule has 0 aromatic rings. The topological polar surface area (TPSA) is 17.1 Å². The molecule has 0 spiro atoms. The van der Waals surface area contributed by atoms with Crippen LogP contribution >= 0.6 is 0 Å². The summed E-state index contributed by atoms with van der Waals surface area (Å²) in [6.45, 7) is 4.05. The van der Waals surface area contributed by atoms with Crippen molar-refractivity contribution in [2.45, 2.75) is 33.1 Å². The third kappa shape index (κ3) is 1.56. The van der Waals surface area contributed by atoms with Gasteiger partial charge in [0.1, 0.15) is 6.29 Å². The van der Waals surface area contributed by atoms with Gasteiger partial charge in [0.25, 0.3) is 0 Å². The molecule has 0 heterocycles. The van der Waals surface area contributed by atoms with Crippen molar-refractivity contribution < 1.29 is 4.79 Å². The Balaban J connectivity index is 2.14. The van der Waals surface area contributed by atoms with E-state index >= 15 is 0 Å². The fraction of sp³-hybridized carbons (Fsp3) is 0.615. The van der Waals surface area contributed by atoms with E-state index in [1.807, 2.05) is 6.92 Å². The number of fused-ring (bicyclic) bond motifs is 2. The van der Waals surface area contributed by atoms with Crippen LogP contribution in [0.15, 0.2) is 23.3 Å². The number of carbonyl (C=O) groups excluding carboxylic acids is 1. The summed E-state index contributed by atoms with van der Waals surface area (Å²) in [4.78, 5) is 10.6. The molecule has 2 aliphatic rings. The maximum Gasteiger partial charge on any atom is 0.145 e. The summed E-state index contributed by atoms with van der Waals surface area (Å²) in [5.41, 5.74) is 2.53. The Bertz CT molecular complexity index is 298. The van der Waals surface area contributed by atoms with E-state index in [1.54, 1.807) is 5.57 Å². The van der Waals surface area contributed by atoms with E-state index in [0.29, 0.717) is 5.92 Å². The van der Waals surface area contributed by atoms with Crippen molar-refractivity contribution >= 4 is 6.29 Å². The third-order valence-electron chi connectivity index (χ3n) is 3.74. The zero-order valence-corrected chi connectivity index (χ0v) is 8.99. The van der Waals surface area contributed by atoms with Gasteiger partial charge in [0, 0.05) is 0 Å². The molecule has 0 aliphatic heterocycles. The molecule has 14 heavy (non-hydrogen) atoms. The first-order valence-electron chi connectivity index (χ1n) is 5.53. The monoisotopic (exact) mass is 190 g/mol. The molecular formula is C13H18O. The van der Waals surface area contributed by atoms with Gasteiger partial charge in [-0.15, -0.1) is 0 Å². The normalized spacial score (nSPS) is 39.4. The fourth-order valence-electron chi connectivity index (χ4n) is 3.15. The molecule has 1 unspecified atom stereocenters. The van der Waals surface area contributed by atoms with Gasteiger partial charge in [0.2, 0.25) is 0 Å². The van der Waals surface area contributed by atoms with Crippen molar-refractivity contribution in [1.29, 1.82) is 0 Å². The van der Waals surface area contributed by atoms with E-state index in [9.17, 15) is 4.79 Å². The van der Waals surface area contributed by atoms with Crippen LogP contribution in [0, 0.1) is 17.8 Å². The highest BCUT2D eigenvalue weighted by Gasteiger charge is 2.41. The summed E-state index contributed by atoms with van der Waals surface area (Å²) in [7, 11) is 0. The summed E-state index contributed by atoms with van der Waals surface area (Å²) in [6, 6.07) is 0. The molecule has 3 atom stereocenters. The molecule has 2 rings (SSSR count). The maximum atomic E-state index is 10.6. The van der Waals surface area contributed by atoms with Crippen LogP contribution < -0.4 is 0 Å². The number of hydrogen-bond donors (Lipinski definition) is 0. The second-order valence-electron chi connectivity index (χ2n) is 4.70. The van der Waals surface area contributed by atoms with Gasteiger partial charge >= 0.3 is 0 Å². The fourth-order valence-corrected chi connectivity index (χ4v) is 3.15. The first-order valence-corrected chi connectivity index (χ1v) is 5.53. The highest BCUT2D eigenvalue weighted by atomic mass is 16.1. The van der Waals surface area contributed by atoms with Crippen LogP contribution in [0.3, 0.4) is 0 Å². The SMILES string of the molecule is CC=C1C[C@H]2CC(C=C(C)C=O)[C@@H]1C2. The average molecular weight is 190 g/mol. The lowest BCUT2D eigenvalue weighted by Crippen LogP contribution is -2.11. The molecular weight excluding hydrogens is 172 g/mol. The molecule has 1 nitrogen and oxygen atoms in total. The van der Waals surface area contributed by atoms with Gasteiger partial charge in [0.15, 0.2) is 0 Å². The molecule has 2 saturated carbocycles. The number of hydrogen-bond acceptors (Lipinski definition) is 1. The van der Waals surface area contributed by atoms with Crippen LogP contribution in [-0.2, 0) is 4.79 Å². The molecule has 0 aromatic heterocycles. The number of rotatable bonds is 2. The Labute approximate surface area is 85.9 Å². The maximum absolute atomic E-state index is 10.6. The van der Waals surface area contributed by atoms with E-state index in [0.717, 1.165) is 23.7 Å². The largest absolute Gasteiger partial charge is 0.298 e. The van der Waals surface area contributed by atoms with Gasteiger partial charge in [-0.3, -0.25) is 4.79 Å². The highest BCUT2D eigenvalue weighted by molar-refractivity contribution is 5.72. The van der Waals surface area contributed by atoms with Crippen LogP contribution in [0.2, 0.25) is 0 Å². The summed E-state index contributed by atoms with van der Waals surface area (Å²) < 4.78 is 0. The summed E-state index contributed by atoms with van der Waals surface area (Å²) in [6.07, 6.45) is 9.40. The van der Waals surface area contributed by atoms with Crippen molar-refractivity contribution in [1.82, 2.24) is 0 Å². The van der Waals surface area contributed by atoms with Crippen molar-refractivity contribution in [2.75, 3.05) is 0 Å². The quantitative estimate of drug-likeness (QED) is 0.371. The second kappa shape index (κ2) is 3.72. The summed E-state index contributed by atoms with van der Waals surface area (Å²) in [5, 5.41) is 0. The van der Waals surface area contributed by atoms with Gasteiger partial charge in [0.05, 0.1) is 0 Å². The predicted molar refractivity (Wildman–Crippen MR) is 57.9 cm³/mol. The first kappa shape index (κ1) is 9.70. The zero-order chi connectivity index (χ0) is 10.1. The Morgan fingerprint density at radius 2 is 2.21 bits per heavy atom. The van der Waals surface area contributed by atoms with Crippen molar-refractivity contribution in [3.05, 3.63) is 23.3 Å². The van der Waals surface area contributed by atoms with E-state index in [2.05, 4.69) is 19.1 Å². The van der Waals surface area contributed by atoms with Gasteiger partial charge in [-0.25, -0.2) is 0 Å². The summed E-state index contributed by atoms with van der Waals surface area (Å²) >= 11 is 0. The molecule has 2 bridgehead atoms. The van der Waals surface area contributed by atoms with E-state index in [-0.39, 0.29) is 0 Å². The number of allylic oxidation sites excluding steroid dienone is 4. The lowest BCUT2D eigenvalue weighted by Gasteiger charge is -2.21. The minimum absolute atomic E-state index is 0.644. The van der Waals surface area contributed by atoms with Gasteiger partial charge in [-0.1, -0.05) is 17.7 Å². The zero-order valence-electron chi connectivity index (χ0n) is 8.99. The van der Waals surface area contributed by atoms with Crippen molar-refractivity contribution in [3.8, 4) is 0 Å².